The number of benzene rings is 2. The first-order chi connectivity index (χ1) is 12.3. The van der Waals surface area contributed by atoms with Crippen LogP contribution in [0.4, 0.5) is 0 Å². The van der Waals surface area contributed by atoms with E-state index >= 15 is 0 Å². The molecule has 1 fully saturated rings. The van der Waals surface area contributed by atoms with Gasteiger partial charge in [0, 0.05) is 13.0 Å². The van der Waals surface area contributed by atoms with Crippen molar-refractivity contribution in [1.29, 1.82) is 0 Å². The van der Waals surface area contributed by atoms with Gasteiger partial charge in [-0.25, -0.2) is 0 Å². The summed E-state index contributed by atoms with van der Waals surface area (Å²) in [5.74, 6) is -0.174. The van der Waals surface area contributed by atoms with Crippen LogP contribution in [0.25, 0.3) is 0 Å². The van der Waals surface area contributed by atoms with Crippen LogP contribution in [0.2, 0.25) is 0 Å². The van der Waals surface area contributed by atoms with Crippen molar-refractivity contribution in [2.75, 3.05) is 39.4 Å². The third kappa shape index (κ3) is 5.15. The molecular weight excluding hydrogens is 312 g/mol. The lowest BCUT2D eigenvalue weighted by atomic mass is 9.90. The van der Waals surface area contributed by atoms with Crippen LogP contribution in [0.15, 0.2) is 60.7 Å². The molecule has 0 saturated carbocycles. The highest BCUT2D eigenvalue weighted by Gasteiger charge is 2.22. The molecule has 0 radical (unpaired) electrons. The predicted molar refractivity (Wildman–Crippen MR) is 98.7 cm³/mol. The van der Waals surface area contributed by atoms with Crippen molar-refractivity contribution in [3.8, 4) is 0 Å². The van der Waals surface area contributed by atoms with Gasteiger partial charge in [0.1, 0.15) is 13.1 Å². The van der Waals surface area contributed by atoms with Gasteiger partial charge in [-0.3, -0.25) is 4.79 Å². The normalized spacial score (nSPS) is 15.2. The van der Waals surface area contributed by atoms with E-state index in [1.165, 1.54) is 0 Å². The van der Waals surface area contributed by atoms with Gasteiger partial charge >= 0.3 is 0 Å². The largest absolute Gasteiger partial charge is 0.370 e. The zero-order valence-corrected chi connectivity index (χ0v) is 14.6. The van der Waals surface area contributed by atoms with E-state index in [4.69, 9.17) is 4.74 Å². The van der Waals surface area contributed by atoms with Crippen LogP contribution in [-0.2, 0) is 9.53 Å². The van der Waals surface area contributed by atoms with E-state index in [0.29, 0.717) is 0 Å². The number of amides is 1. The van der Waals surface area contributed by atoms with Crippen LogP contribution < -0.4 is 10.2 Å². The smallest absolute Gasteiger partial charge is 0.232 e. The van der Waals surface area contributed by atoms with Gasteiger partial charge in [0.25, 0.3) is 0 Å². The summed E-state index contributed by atoms with van der Waals surface area (Å²) in [5.41, 5.74) is 2.06. The summed E-state index contributed by atoms with van der Waals surface area (Å²) in [6.07, 6.45) is 0.997. The van der Waals surface area contributed by atoms with Crippen LogP contribution in [0.5, 0.6) is 0 Å². The molecule has 25 heavy (non-hydrogen) atoms. The highest BCUT2D eigenvalue weighted by Crippen LogP contribution is 2.24. The van der Waals surface area contributed by atoms with Gasteiger partial charge < -0.3 is 15.0 Å². The zero-order chi connectivity index (χ0) is 17.3. The number of rotatable bonds is 7. The Morgan fingerprint density at radius 1 is 0.960 bits per heavy atom. The van der Waals surface area contributed by atoms with E-state index in [2.05, 4.69) is 5.32 Å². The van der Waals surface area contributed by atoms with Gasteiger partial charge in [-0.2, -0.15) is 0 Å². The fraction of sp³-hybridized carbons (Fsp3) is 0.381. The topological polar surface area (TPSA) is 42.8 Å². The molecule has 1 aliphatic heterocycles. The second kappa shape index (κ2) is 9.35. The summed E-state index contributed by atoms with van der Waals surface area (Å²) in [6.45, 7) is 5.66. The maximum Gasteiger partial charge on any atom is 0.232 e. The minimum Gasteiger partial charge on any atom is -0.370 e. The average molecular weight is 339 g/mol. The van der Waals surface area contributed by atoms with Crippen LogP contribution in [0.3, 0.4) is 0 Å². The third-order valence-corrected chi connectivity index (χ3v) is 4.73. The highest BCUT2D eigenvalue weighted by atomic mass is 16.5. The van der Waals surface area contributed by atoms with E-state index in [0.717, 1.165) is 56.9 Å². The predicted octanol–water partition coefficient (Wildman–Crippen LogP) is 1.24. The van der Waals surface area contributed by atoms with Crippen molar-refractivity contribution in [3.63, 3.8) is 0 Å². The molecule has 0 aliphatic carbocycles. The molecule has 3 rings (SSSR count). The van der Waals surface area contributed by atoms with Crippen molar-refractivity contribution < 1.29 is 14.4 Å². The van der Waals surface area contributed by atoms with Crippen molar-refractivity contribution in [2.24, 2.45) is 0 Å². The number of hydrogen-bond acceptors (Lipinski definition) is 2. The van der Waals surface area contributed by atoms with Crippen molar-refractivity contribution in [3.05, 3.63) is 71.8 Å². The first-order valence-corrected chi connectivity index (χ1v) is 9.13. The summed E-state index contributed by atoms with van der Waals surface area (Å²) < 4.78 is 5.38. The van der Waals surface area contributed by atoms with Gasteiger partial charge in [-0.1, -0.05) is 60.7 Å². The second-order valence-electron chi connectivity index (χ2n) is 6.51. The average Bonchev–Trinajstić information content (AvgIpc) is 2.68. The molecule has 132 valence electrons. The molecule has 4 heteroatoms. The third-order valence-electron chi connectivity index (χ3n) is 4.73. The Kier molecular flexibility index (Phi) is 6.60. The number of carbonyl (C=O) groups excluding carboxylic acids is 1. The molecule has 2 N–H and O–H groups in total. The summed E-state index contributed by atoms with van der Waals surface area (Å²) in [4.78, 5) is 14.4. The van der Waals surface area contributed by atoms with Crippen LogP contribution in [0, 0.1) is 0 Å². The summed E-state index contributed by atoms with van der Waals surface area (Å²) in [5, 5.41) is 3.14. The van der Waals surface area contributed by atoms with Gasteiger partial charge in [0.2, 0.25) is 5.91 Å². The van der Waals surface area contributed by atoms with Crippen molar-refractivity contribution >= 4 is 5.91 Å². The van der Waals surface area contributed by atoms with Gasteiger partial charge in [0.15, 0.2) is 0 Å². The molecule has 4 nitrogen and oxygen atoms in total. The standard InChI is InChI=1S/C21H26N2O2/c24-21(22-12-7-13-23-14-16-25-17-15-23)20(18-8-3-1-4-9-18)19-10-5-2-6-11-19/h1-6,8-11,20H,7,12-17H2,(H,22,24)/p+1. The van der Waals surface area contributed by atoms with Gasteiger partial charge in [-0.05, 0) is 11.1 Å². The molecule has 1 saturated heterocycles. The molecule has 0 atom stereocenters. The molecule has 0 spiro atoms. The Hall–Kier alpha value is -2.17. The molecule has 0 aromatic heterocycles. The molecule has 0 bridgehead atoms. The number of carbonyl (C=O) groups is 1. The SMILES string of the molecule is O=C(NCCC[NH+]1CCOCC1)C(c1ccccc1)c1ccccc1. The van der Waals surface area contributed by atoms with Crippen LogP contribution in [0.1, 0.15) is 23.5 Å². The first-order valence-electron chi connectivity index (χ1n) is 9.13. The Bertz CT molecular complexity index is 600. The lowest BCUT2D eigenvalue weighted by Crippen LogP contribution is -3.14. The molecule has 2 aromatic carbocycles. The summed E-state index contributed by atoms with van der Waals surface area (Å²) in [6, 6.07) is 20.0. The lowest BCUT2D eigenvalue weighted by molar-refractivity contribution is -0.908. The maximum atomic E-state index is 12.9. The number of ether oxygens (including phenoxy) is 1. The van der Waals surface area contributed by atoms with E-state index in [-0.39, 0.29) is 11.8 Å². The number of nitrogens with one attached hydrogen (secondary N) is 2. The van der Waals surface area contributed by atoms with E-state index in [1.807, 2.05) is 60.7 Å². The lowest BCUT2D eigenvalue weighted by Gasteiger charge is -2.24. The Morgan fingerprint density at radius 2 is 1.52 bits per heavy atom. The summed E-state index contributed by atoms with van der Waals surface area (Å²) in [7, 11) is 0. The van der Waals surface area contributed by atoms with Crippen molar-refractivity contribution in [1.82, 2.24) is 5.32 Å². The Balaban J connectivity index is 1.58. The van der Waals surface area contributed by atoms with Gasteiger partial charge in [-0.15, -0.1) is 0 Å². The fourth-order valence-corrected chi connectivity index (χ4v) is 3.35. The highest BCUT2D eigenvalue weighted by molar-refractivity contribution is 5.87. The van der Waals surface area contributed by atoms with Crippen LogP contribution in [-0.4, -0.2) is 45.3 Å². The molecule has 1 heterocycles. The van der Waals surface area contributed by atoms with Crippen molar-refractivity contribution in [2.45, 2.75) is 12.3 Å². The minimum atomic E-state index is -0.252. The number of morpholine rings is 1. The molecule has 1 amide bonds. The Labute approximate surface area is 149 Å². The van der Waals surface area contributed by atoms with Crippen LogP contribution >= 0.6 is 0 Å². The Morgan fingerprint density at radius 3 is 2.08 bits per heavy atom. The maximum absolute atomic E-state index is 12.9. The second-order valence-corrected chi connectivity index (χ2v) is 6.51. The van der Waals surface area contributed by atoms with E-state index < -0.39 is 0 Å². The number of quaternary nitrogens is 1. The molecule has 0 unspecified atom stereocenters. The fourth-order valence-electron chi connectivity index (χ4n) is 3.35. The first kappa shape index (κ1) is 17.6. The molecular formula is C21H27N2O2+. The minimum absolute atomic E-state index is 0.0781. The zero-order valence-electron chi connectivity index (χ0n) is 14.6. The quantitative estimate of drug-likeness (QED) is 0.746. The molecule has 2 aromatic rings. The van der Waals surface area contributed by atoms with Gasteiger partial charge in [0.05, 0.1) is 25.7 Å². The monoisotopic (exact) mass is 339 g/mol. The summed E-state index contributed by atoms with van der Waals surface area (Å²) >= 11 is 0. The number of hydrogen-bond donors (Lipinski definition) is 2. The van der Waals surface area contributed by atoms with E-state index in [1.54, 1.807) is 4.90 Å². The van der Waals surface area contributed by atoms with E-state index in [9.17, 15) is 4.79 Å². The molecule has 1 aliphatic rings.